The van der Waals surface area contributed by atoms with Gasteiger partial charge in [0, 0.05) is 11.8 Å². The second-order valence-electron chi connectivity index (χ2n) is 2.72. The highest BCUT2D eigenvalue weighted by Crippen LogP contribution is 2.22. The van der Waals surface area contributed by atoms with Crippen LogP contribution < -0.4 is 8.61 Å². The first kappa shape index (κ1) is 11.9. The van der Waals surface area contributed by atoms with E-state index in [-0.39, 0.29) is 0 Å². The molecule has 0 aliphatic carbocycles. The summed E-state index contributed by atoms with van der Waals surface area (Å²) in [5.41, 5.74) is 1.18. The molecule has 0 fully saturated rings. The van der Waals surface area contributed by atoms with E-state index >= 15 is 0 Å². The number of rotatable bonds is 4. The minimum Gasteiger partial charge on any atom is -0.277 e. The van der Waals surface area contributed by atoms with Crippen molar-refractivity contribution in [3.05, 3.63) is 17.8 Å². The van der Waals surface area contributed by atoms with E-state index in [0.717, 1.165) is 8.61 Å². The number of hydrogen-bond donors (Lipinski definition) is 2. The molecule has 0 atom stereocenters. The lowest BCUT2D eigenvalue weighted by Gasteiger charge is -2.14. The second kappa shape index (κ2) is 5.04. The van der Waals surface area contributed by atoms with E-state index in [9.17, 15) is 9.59 Å². The molecule has 0 saturated carbocycles. The summed E-state index contributed by atoms with van der Waals surface area (Å²) in [6.45, 7) is 1.74. The Hall–Kier alpha value is -1.21. The Morgan fingerprint density at radius 1 is 1.20 bits per heavy atom. The largest absolute Gasteiger partial charge is 0.277 e. The summed E-state index contributed by atoms with van der Waals surface area (Å²) < 4.78 is 2.10. The molecule has 1 heterocycles. The van der Waals surface area contributed by atoms with Crippen LogP contribution in [0.25, 0.3) is 0 Å². The van der Waals surface area contributed by atoms with Gasteiger partial charge in [-0.2, -0.15) is 0 Å². The van der Waals surface area contributed by atoms with Gasteiger partial charge >= 0.3 is 0 Å². The van der Waals surface area contributed by atoms with E-state index in [1.54, 1.807) is 13.0 Å². The van der Waals surface area contributed by atoms with Crippen LogP contribution in [0.5, 0.6) is 0 Å². The number of hydrogen-bond acceptors (Lipinski definition) is 5. The lowest BCUT2D eigenvalue weighted by Crippen LogP contribution is -2.12. The predicted molar refractivity (Wildman–Crippen MR) is 64.0 cm³/mol. The zero-order valence-corrected chi connectivity index (χ0v) is 9.65. The zero-order valence-electron chi connectivity index (χ0n) is 7.86. The summed E-state index contributed by atoms with van der Waals surface area (Å²) in [6, 6.07) is 3.19. The summed E-state index contributed by atoms with van der Waals surface area (Å²) >= 11 is 7.80. The molecule has 0 aromatic carbocycles. The summed E-state index contributed by atoms with van der Waals surface area (Å²) in [7, 11) is 0. The third-order valence-electron chi connectivity index (χ3n) is 1.62. The molecule has 1 aromatic heterocycles. The van der Waals surface area contributed by atoms with Gasteiger partial charge < -0.3 is 0 Å². The van der Waals surface area contributed by atoms with Crippen LogP contribution in [0.1, 0.15) is 5.69 Å². The standard InChI is InChI=1S/C8H9N3O2S2/c1-6-2-7(10(14)4-12)3-8(9-6)11(15)5-13/h2-5,14-15H,1H3. The highest BCUT2D eigenvalue weighted by atomic mass is 32.1. The number of aromatic nitrogens is 1. The molecule has 1 rings (SSSR count). The maximum absolute atomic E-state index is 10.5. The van der Waals surface area contributed by atoms with Crippen LogP contribution in [0.15, 0.2) is 12.1 Å². The summed E-state index contributed by atoms with van der Waals surface area (Å²) in [6.07, 6.45) is 1.06. The van der Waals surface area contributed by atoms with Crippen molar-refractivity contribution < 1.29 is 9.59 Å². The Balaban J connectivity index is 3.15. The lowest BCUT2D eigenvalue weighted by atomic mass is 10.3. The first-order chi connectivity index (χ1) is 7.08. The molecule has 0 aliphatic heterocycles. The van der Waals surface area contributed by atoms with Gasteiger partial charge in [0.25, 0.3) is 0 Å². The number of anilines is 2. The molecule has 7 heteroatoms. The van der Waals surface area contributed by atoms with Gasteiger partial charge in [0.05, 0.1) is 5.69 Å². The van der Waals surface area contributed by atoms with Crippen molar-refractivity contribution in [1.29, 1.82) is 0 Å². The normalized spacial score (nSPS) is 9.53. The highest BCUT2D eigenvalue weighted by Gasteiger charge is 2.08. The minimum absolute atomic E-state index is 0.337. The molecule has 0 saturated heterocycles. The molecular formula is C8H9N3O2S2. The first-order valence-electron chi connectivity index (χ1n) is 3.94. The first-order valence-corrected chi connectivity index (χ1v) is 4.74. The fraction of sp³-hybridized carbons (Fsp3) is 0.125. The number of nitrogens with zero attached hydrogens (tertiary/aromatic N) is 3. The molecule has 1 aromatic rings. The maximum atomic E-state index is 10.5. The maximum Gasteiger partial charge on any atom is 0.225 e. The highest BCUT2D eigenvalue weighted by molar-refractivity contribution is 7.82. The molecule has 15 heavy (non-hydrogen) atoms. The summed E-state index contributed by atoms with van der Waals surface area (Å²) in [5.74, 6) is 0.337. The van der Waals surface area contributed by atoms with E-state index in [1.165, 1.54) is 6.07 Å². The van der Waals surface area contributed by atoms with Crippen LogP contribution >= 0.6 is 25.6 Å². The van der Waals surface area contributed by atoms with Crippen molar-refractivity contribution in [2.75, 3.05) is 8.61 Å². The molecule has 0 bridgehead atoms. The predicted octanol–water partition coefficient (Wildman–Crippen LogP) is 1.01. The van der Waals surface area contributed by atoms with Crippen LogP contribution in [0, 0.1) is 6.92 Å². The van der Waals surface area contributed by atoms with E-state index in [1.807, 2.05) is 0 Å². The molecule has 0 aliphatic rings. The van der Waals surface area contributed by atoms with E-state index in [2.05, 4.69) is 30.6 Å². The fourth-order valence-corrected chi connectivity index (χ4v) is 1.22. The molecular weight excluding hydrogens is 234 g/mol. The van der Waals surface area contributed by atoms with E-state index in [4.69, 9.17) is 0 Å². The average Bonchev–Trinajstić information content (AvgIpc) is 2.26. The van der Waals surface area contributed by atoms with Gasteiger partial charge in [0.15, 0.2) is 0 Å². The van der Waals surface area contributed by atoms with Gasteiger partial charge in [-0.05, 0) is 13.0 Å². The molecule has 0 N–H and O–H groups in total. The van der Waals surface area contributed by atoms with Crippen LogP contribution in [0.4, 0.5) is 11.5 Å². The molecule has 80 valence electrons. The van der Waals surface area contributed by atoms with Gasteiger partial charge in [0.1, 0.15) is 5.82 Å². The third-order valence-corrected chi connectivity index (χ3v) is 2.25. The topological polar surface area (TPSA) is 53.5 Å². The average molecular weight is 243 g/mol. The number of carbonyl (C=O) groups excluding carboxylic acids is 2. The van der Waals surface area contributed by atoms with Crippen LogP contribution in [-0.4, -0.2) is 17.8 Å². The summed E-state index contributed by atoms with van der Waals surface area (Å²) in [5, 5.41) is 0. The number of carbonyl (C=O) groups is 2. The Morgan fingerprint density at radius 3 is 2.33 bits per heavy atom. The number of aryl methyl sites for hydroxylation is 1. The Kier molecular flexibility index (Phi) is 3.98. The SMILES string of the molecule is Cc1cc(N(S)C=O)cc(N(S)C=O)n1. The smallest absolute Gasteiger partial charge is 0.225 e. The van der Waals surface area contributed by atoms with Gasteiger partial charge in [-0.15, -0.1) is 0 Å². The quantitative estimate of drug-likeness (QED) is 0.613. The van der Waals surface area contributed by atoms with Gasteiger partial charge in [-0.3, -0.25) is 13.9 Å². The number of amides is 2. The summed E-state index contributed by atoms with van der Waals surface area (Å²) in [4.78, 5) is 25.0. The lowest BCUT2D eigenvalue weighted by molar-refractivity contribution is -0.107. The van der Waals surface area contributed by atoms with Crippen molar-refractivity contribution in [3.63, 3.8) is 0 Å². The Labute approximate surface area is 98.2 Å². The van der Waals surface area contributed by atoms with Crippen molar-refractivity contribution >= 4 is 50.0 Å². The van der Waals surface area contributed by atoms with Gasteiger partial charge in [-0.25, -0.2) is 9.29 Å². The van der Waals surface area contributed by atoms with Gasteiger partial charge in [-0.1, -0.05) is 25.6 Å². The Bertz CT molecular complexity index is 354. The second-order valence-corrected chi connectivity index (χ2v) is 3.59. The molecule has 2 amide bonds. The minimum atomic E-state index is 0.337. The van der Waals surface area contributed by atoms with E-state index in [0.29, 0.717) is 30.0 Å². The fourth-order valence-electron chi connectivity index (χ4n) is 0.998. The molecule has 0 radical (unpaired) electrons. The number of thiol groups is 2. The van der Waals surface area contributed by atoms with Crippen LogP contribution in [0.2, 0.25) is 0 Å². The van der Waals surface area contributed by atoms with Crippen LogP contribution in [0.3, 0.4) is 0 Å². The molecule has 5 nitrogen and oxygen atoms in total. The monoisotopic (exact) mass is 243 g/mol. The van der Waals surface area contributed by atoms with Gasteiger partial charge in [0.2, 0.25) is 12.8 Å². The van der Waals surface area contributed by atoms with Crippen molar-refractivity contribution in [2.24, 2.45) is 0 Å². The van der Waals surface area contributed by atoms with Crippen LogP contribution in [-0.2, 0) is 9.59 Å². The zero-order chi connectivity index (χ0) is 11.4. The van der Waals surface area contributed by atoms with Crippen molar-refractivity contribution in [2.45, 2.75) is 6.92 Å². The molecule has 0 unspecified atom stereocenters. The third kappa shape index (κ3) is 2.87. The Morgan fingerprint density at radius 2 is 1.80 bits per heavy atom. The van der Waals surface area contributed by atoms with Crippen molar-refractivity contribution in [3.8, 4) is 0 Å². The van der Waals surface area contributed by atoms with Crippen molar-refractivity contribution in [1.82, 2.24) is 4.98 Å². The molecule has 0 spiro atoms. The number of pyridine rings is 1. The van der Waals surface area contributed by atoms with E-state index < -0.39 is 0 Å².